The molecule has 13 heteroatoms. The van der Waals surface area contributed by atoms with Crippen LogP contribution in [0.15, 0.2) is 42.9 Å². The number of aryl methyl sites for hydroxylation is 1. The molecule has 2 N–H and O–H groups in total. The molecule has 3 saturated heterocycles. The highest BCUT2D eigenvalue weighted by molar-refractivity contribution is 7.71. The molecule has 0 saturated carbocycles. The van der Waals surface area contributed by atoms with Crippen molar-refractivity contribution in [3.05, 3.63) is 53.4 Å². The fourth-order valence-electron chi connectivity index (χ4n) is 7.21. The molecule has 0 aliphatic carbocycles. The fraction of sp³-hybridized carbons (Fsp3) is 0.455. The Morgan fingerprint density at radius 2 is 1.74 bits per heavy atom. The number of likely N-dealkylation sites (tertiary alicyclic amines) is 1. The number of nitrogens with zero attached hydrogens (tertiary/aromatic N) is 6. The molecule has 3 fully saturated rings. The highest BCUT2D eigenvalue weighted by atomic mass is 35.5. The van der Waals surface area contributed by atoms with Crippen LogP contribution in [-0.2, 0) is 9.30 Å². The second-order valence-corrected chi connectivity index (χ2v) is 16.5. The molecule has 3 aliphatic rings. The van der Waals surface area contributed by atoms with E-state index in [0.29, 0.717) is 50.6 Å². The smallest absolute Gasteiger partial charge is 0.229 e. The van der Waals surface area contributed by atoms with Crippen LogP contribution in [0.4, 0.5) is 28.8 Å². The summed E-state index contributed by atoms with van der Waals surface area (Å²) in [7, 11) is -1.09. The number of anilines is 5. The SMILES string of the molecule is COc1cc(N2CCC(N3C[C@H]4COC[C@H]4C3)CC2)c(C)cc1Nc1ncc(Cl)c(Nc2ccc3nccnc3c2P(C)(C)=O)n1. The number of benzene rings is 2. The first-order valence-corrected chi connectivity index (χ1v) is 18.8. The summed E-state index contributed by atoms with van der Waals surface area (Å²) < 4.78 is 24.9. The third-order valence-corrected chi connectivity index (χ3v) is 11.3. The third-order valence-electron chi connectivity index (χ3n) is 9.50. The van der Waals surface area contributed by atoms with Gasteiger partial charge < -0.3 is 29.6 Å². The van der Waals surface area contributed by atoms with Gasteiger partial charge in [-0.25, -0.2) is 4.98 Å². The molecule has 0 unspecified atom stereocenters. The highest BCUT2D eigenvalue weighted by Gasteiger charge is 2.40. The molecule has 7 rings (SSSR count). The van der Waals surface area contributed by atoms with E-state index in [1.165, 1.54) is 25.0 Å². The van der Waals surface area contributed by atoms with Crippen molar-refractivity contribution in [2.24, 2.45) is 11.8 Å². The Kier molecular flexibility index (Phi) is 8.52. The van der Waals surface area contributed by atoms with E-state index in [0.717, 1.165) is 62.2 Å². The topological polar surface area (TPSA) is 118 Å². The zero-order chi connectivity index (χ0) is 32.0. The number of aromatic nitrogens is 4. The van der Waals surface area contributed by atoms with Crippen LogP contribution in [-0.4, -0.2) is 90.7 Å². The van der Waals surface area contributed by atoms with Crippen LogP contribution < -0.4 is 25.6 Å². The summed E-state index contributed by atoms with van der Waals surface area (Å²) in [4.78, 5) is 23.1. The number of hydrogen-bond donors (Lipinski definition) is 2. The average Bonchev–Trinajstić information content (AvgIpc) is 3.65. The van der Waals surface area contributed by atoms with Crippen LogP contribution in [0.25, 0.3) is 11.0 Å². The van der Waals surface area contributed by atoms with Crippen molar-refractivity contribution < 1.29 is 14.0 Å². The minimum Gasteiger partial charge on any atom is -0.494 e. The molecule has 0 radical (unpaired) electrons. The van der Waals surface area contributed by atoms with Gasteiger partial charge in [-0.2, -0.15) is 4.98 Å². The lowest BCUT2D eigenvalue weighted by Gasteiger charge is -2.39. The highest BCUT2D eigenvalue weighted by Crippen LogP contribution is 2.42. The van der Waals surface area contributed by atoms with Gasteiger partial charge in [0.15, 0.2) is 5.82 Å². The number of piperidine rings is 1. The molecule has 2 atom stereocenters. The first kappa shape index (κ1) is 31.1. The van der Waals surface area contributed by atoms with E-state index >= 15 is 0 Å². The summed E-state index contributed by atoms with van der Waals surface area (Å²) in [6.07, 6.45) is 7.08. The second kappa shape index (κ2) is 12.6. The molecule has 242 valence electrons. The van der Waals surface area contributed by atoms with E-state index in [1.54, 1.807) is 32.8 Å². The number of nitrogens with one attached hydrogen (secondary N) is 2. The van der Waals surface area contributed by atoms with Gasteiger partial charge in [-0.15, -0.1) is 0 Å². The molecule has 11 nitrogen and oxygen atoms in total. The summed E-state index contributed by atoms with van der Waals surface area (Å²) in [5, 5.41) is 7.53. The van der Waals surface area contributed by atoms with Crippen molar-refractivity contribution in [1.29, 1.82) is 0 Å². The third kappa shape index (κ3) is 6.13. The Balaban J connectivity index is 1.08. The van der Waals surface area contributed by atoms with Gasteiger partial charge in [-0.3, -0.25) is 14.9 Å². The Morgan fingerprint density at radius 1 is 1.00 bits per heavy atom. The molecule has 46 heavy (non-hydrogen) atoms. The summed E-state index contributed by atoms with van der Waals surface area (Å²) in [5.74, 6) is 2.87. The van der Waals surface area contributed by atoms with E-state index in [9.17, 15) is 4.57 Å². The monoisotopic (exact) mass is 662 g/mol. The summed E-state index contributed by atoms with van der Waals surface area (Å²) in [6.45, 7) is 11.8. The minimum atomic E-state index is -2.76. The fourth-order valence-corrected chi connectivity index (χ4v) is 8.74. The number of halogens is 1. The molecule has 2 aromatic heterocycles. The van der Waals surface area contributed by atoms with Crippen LogP contribution >= 0.6 is 18.7 Å². The Morgan fingerprint density at radius 3 is 2.46 bits per heavy atom. The zero-order valence-electron chi connectivity index (χ0n) is 26.7. The molecule has 3 aliphatic heterocycles. The standard InChI is InChI=1S/C33H40ClN8O3P/c1-20-13-27(29(44-2)14-28(20)41-11-7-23(8-12-41)42-16-21-18-45-19-22(21)17-42)39-33-37-15-24(34)32(40-33)38-26-6-5-25-30(36-10-9-35-25)31(26)46(3,4)43/h5-6,9-10,13-15,21-23H,7-8,11-12,16-19H2,1-4H3,(H2,37,38,39,40)/t21-,22+. The van der Waals surface area contributed by atoms with Gasteiger partial charge in [0.2, 0.25) is 5.95 Å². The lowest BCUT2D eigenvalue weighted by molar-refractivity contribution is 0.130. The second-order valence-electron chi connectivity index (χ2n) is 12.9. The molecule has 2 aromatic carbocycles. The molecular formula is C33H40ClN8O3P. The lowest BCUT2D eigenvalue weighted by atomic mass is 10.0. The molecule has 5 heterocycles. The maximum absolute atomic E-state index is 13.4. The van der Waals surface area contributed by atoms with Crippen molar-refractivity contribution in [3.8, 4) is 5.75 Å². The van der Waals surface area contributed by atoms with Gasteiger partial charge in [0, 0.05) is 68.2 Å². The van der Waals surface area contributed by atoms with Crippen molar-refractivity contribution in [1.82, 2.24) is 24.8 Å². The van der Waals surface area contributed by atoms with Gasteiger partial charge >= 0.3 is 0 Å². The largest absolute Gasteiger partial charge is 0.494 e. The van der Waals surface area contributed by atoms with E-state index in [-0.39, 0.29) is 0 Å². The lowest BCUT2D eigenvalue weighted by Crippen LogP contribution is -2.44. The van der Waals surface area contributed by atoms with Gasteiger partial charge in [0.25, 0.3) is 0 Å². The van der Waals surface area contributed by atoms with Crippen molar-refractivity contribution >= 4 is 63.9 Å². The molecule has 0 bridgehead atoms. The summed E-state index contributed by atoms with van der Waals surface area (Å²) in [6, 6.07) is 8.50. The quantitative estimate of drug-likeness (QED) is 0.227. The summed E-state index contributed by atoms with van der Waals surface area (Å²) >= 11 is 6.55. The van der Waals surface area contributed by atoms with Crippen LogP contribution in [0.2, 0.25) is 5.02 Å². The number of rotatable bonds is 8. The number of ether oxygens (including phenoxy) is 2. The first-order chi connectivity index (χ1) is 22.2. The Hall–Kier alpha value is -3.50. The van der Waals surface area contributed by atoms with Gasteiger partial charge in [-0.1, -0.05) is 11.6 Å². The predicted octanol–water partition coefficient (Wildman–Crippen LogP) is 5.67. The zero-order valence-corrected chi connectivity index (χ0v) is 28.3. The molecule has 0 spiro atoms. The predicted molar refractivity (Wildman–Crippen MR) is 185 cm³/mol. The van der Waals surface area contributed by atoms with Gasteiger partial charge in [0.05, 0.1) is 48.7 Å². The average molecular weight is 663 g/mol. The van der Waals surface area contributed by atoms with Crippen LogP contribution in [0.1, 0.15) is 18.4 Å². The van der Waals surface area contributed by atoms with Gasteiger partial charge in [0.1, 0.15) is 23.4 Å². The molecule has 4 aromatic rings. The van der Waals surface area contributed by atoms with Crippen molar-refractivity contribution in [2.75, 3.05) is 75.4 Å². The van der Waals surface area contributed by atoms with Crippen molar-refractivity contribution in [3.63, 3.8) is 0 Å². The molecular weight excluding hydrogens is 623 g/mol. The maximum Gasteiger partial charge on any atom is 0.229 e. The Bertz CT molecular complexity index is 1800. The number of methoxy groups -OCH3 is 1. The first-order valence-electron chi connectivity index (χ1n) is 15.8. The van der Waals surface area contributed by atoms with E-state index in [1.807, 2.05) is 12.1 Å². The summed E-state index contributed by atoms with van der Waals surface area (Å²) in [5.41, 5.74) is 4.94. The van der Waals surface area contributed by atoms with E-state index in [2.05, 4.69) is 59.4 Å². The van der Waals surface area contributed by atoms with Crippen LogP contribution in [0.3, 0.4) is 0 Å². The normalized spacial score (nSPS) is 20.7. The number of fused-ring (bicyclic) bond motifs is 2. The number of hydrogen-bond acceptors (Lipinski definition) is 11. The van der Waals surface area contributed by atoms with Crippen LogP contribution in [0.5, 0.6) is 5.75 Å². The maximum atomic E-state index is 13.4. The van der Waals surface area contributed by atoms with Crippen molar-refractivity contribution in [2.45, 2.75) is 25.8 Å². The minimum absolute atomic E-state index is 0.324. The molecule has 0 amide bonds. The van der Waals surface area contributed by atoms with Crippen LogP contribution in [0, 0.1) is 18.8 Å². The van der Waals surface area contributed by atoms with Gasteiger partial charge in [-0.05, 0) is 56.9 Å². The van der Waals surface area contributed by atoms with E-state index in [4.69, 9.17) is 21.1 Å². The van der Waals surface area contributed by atoms with E-state index < -0.39 is 7.14 Å². The Labute approximate surface area is 274 Å².